The van der Waals surface area contributed by atoms with E-state index in [1.165, 1.54) is 0 Å². The van der Waals surface area contributed by atoms with Crippen LogP contribution in [0.5, 0.6) is 5.75 Å². The molecular formula is C14H23NO3. The number of hydrogen-bond acceptors (Lipinski definition) is 4. The van der Waals surface area contributed by atoms with Crippen molar-refractivity contribution in [2.45, 2.75) is 26.0 Å². The van der Waals surface area contributed by atoms with Gasteiger partial charge in [0.25, 0.3) is 0 Å². The molecule has 0 bridgehead atoms. The van der Waals surface area contributed by atoms with Gasteiger partial charge in [0.2, 0.25) is 0 Å². The monoisotopic (exact) mass is 253 g/mol. The summed E-state index contributed by atoms with van der Waals surface area (Å²) in [7, 11) is 1.64. The lowest BCUT2D eigenvalue weighted by molar-refractivity contribution is -0.00850. The van der Waals surface area contributed by atoms with Crippen molar-refractivity contribution in [2.75, 3.05) is 26.9 Å². The zero-order valence-corrected chi connectivity index (χ0v) is 11.4. The van der Waals surface area contributed by atoms with Gasteiger partial charge < -0.3 is 19.9 Å². The molecular weight excluding hydrogens is 230 g/mol. The van der Waals surface area contributed by atoms with E-state index in [2.05, 4.69) is 0 Å². The minimum absolute atomic E-state index is 0.0470. The number of nitrogens with two attached hydrogens (primary N) is 1. The largest absolute Gasteiger partial charge is 0.496 e. The molecule has 0 spiro atoms. The van der Waals surface area contributed by atoms with E-state index in [0.717, 1.165) is 11.3 Å². The van der Waals surface area contributed by atoms with Crippen molar-refractivity contribution < 1.29 is 14.2 Å². The van der Waals surface area contributed by atoms with Gasteiger partial charge in [-0.05, 0) is 19.9 Å². The number of para-hydroxylation sites is 1. The lowest BCUT2D eigenvalue weighted by atomic mass is 10.1. The van der Waals surface area contributed by atoms with Crippen LogP contribution >= 0.6 is 0 Å². The first-order valence-corrected chi connectivity index (χ1v) is 6.26. The predicted octanol–water partition coefficient (Wildman–Crippen LogP) is 2.14. The van der Waals surface area contributed by atoms with E-state index in [9.17, 15) is 0 Å². The summed E-state index contributed by atoms with van der Waals surface area (Å²) in [5.74, 6) is 0.797. The van der Waals surface area contributed by atoms with Gasteiger partial charge in [-0.2, -0.15) is 0 Å². The Balaban J connectivity index is 2.47. The molecule has 4 heteroatoms. The van der Waals surface area contributed by atoms with Gasteiger partial charge in [-0.15, -0.1) is 0 Å². The highest BCUT2D eigenvalue weighted by atomic mass is 16.5. The molecule has 0 amide bonds. The highest BCUT2D eigenvalue weighted by Crippen LogP contribution is 2.23. The van der Waals surface area contributed by atoms with Gasteiger partial charge in [-0.3, -0.25) is 0 Å². The predicted molar refractivity (Wildman–Crippen MR) is 71.8 cm³/mol. The molecule has 4 nitrogen and oxygen atoms in total. The zero-order valence-electron chi connectivity index (χ0n) is 11.4. The molecule has 0 saturated carbocycles. The lowest BCUT2D eigenvalue weighted by Crippen LogP contribution is -2.24. The van der Waals surface area contributed by atoms with Crippen LogP contribution in [-0.4, -0.2) is 33.0 Å². The molecule has 0 heterocycles. The van der Waals surface area contributed by atoms with E-state index in [1.807, 2.05) is 38.1 Å². The molecule has 1 rings (SSSR count). The fraction of sp³-hybridized carbons (Fsp3) is 0.571. The summed E-state index contributed by atoms with van der Waals surface area (Å²) in [5, 5.41) is 0. The molecule has 1 aromatic rings. The second-order valence-corrected chi connectivity index (χ2v) is 4.15. The topological polar surface area (TPSA) is 53.7 Å². The van der Waals surface area contributed by atoms with Crippen LogP contribution < -0.4 is 10.5 Å². The summed E-state index contributed by atoms with van der Waals surface area (Å²) in [5.41, 5.74) is 7.06. The molecule has 0 aliphatic carbocycles. The van der Waals surface area contributed by atoms with E-state index in [4.69, 9.17) is 19.9 Å². The Hall–Kier alpha value is -1.10. The van der Waals surface area contributed by atoms with Gasteiger partial charge in [-0.25, -0.2) is 0 Å². The SMILES string of the molecule is CCOCC(C)OCC(N)c1ccccc1OC. The normalized spacial score (nSPS) is 14.2. The first-order chi connectivity index (χ1) is 8.69. The van der Waals surface area contributed by atoms with E-state index >= 15 is 0 Å². The molecule has 18 heavy (non-hydrogen) atoms. The minimum atomic E-state index is -0.190. The quantitative estimate of drug-likeness (QED) is 0.771. The summed E-state index contributed by atoms with van der Waals surface area (Å²) < 4.78 is 16.2. The van der Waals surface area contributed by atoms with E-state index in [0.29, 0.717) is 19.8 Å². The maximum Gasteiger partial charge on any atom is 0.123 e. The maximum atomic E-state index is 6.10. The Labute approximate surface area is 109 Å². The molecule has 0 aliphatic heterocycles. The Morgan fingerprint density at radius 1 is 1.22 bits per heavy atom. The van der Waals surface area contributed by atoms with Crippen LogP contribution in [0.3, 0.4) is 0 Å². The van der Waals surface area contributed by atoms with Gasteiger partial charge in [0.15, 0.2) is 0 Å². The zero-order chi connectivity index (χ0) is 13.4. The van der Waals surface area contributed by atoms with Crippen molar-refractivity contribution in [3.8, 4) is 5.75 Å². The number of rotatable bonds is 8. The summed E-state index contributed by atoms with van der Waals surface area (Å²) in [6.07, 6.45) is 0.0470. The van der Waals surface area contributed by atoms with Crippen molar-refractivity contribution in [3.05, 3.63) is 29.8 Å². The van der Waals surface area contributed by atoms with Gasteiger partial charge in [0.1, 0.15) is 5.75 Å². The maximum absolute atomic E-state index is 6.10. The molecule has 2 atom stereocenters. The number of benzene rings is 1. The third kappa shape index (κ3) is 4.64. The molecule has 0 aromatic heterocycles. The highest BCUT2D eigenvalue weighted by Gasteiger charge is 2.13. The average molecular weight is 253 g/mol. The summed E-state index contributed by atoms with van der Waals surface area (Å²) >= 11 is 0. The second kappa shape index (κ2) is 8.08. The summed E-state index contributed by atoms with van der Waals surface area (Å²) in [6, 6.07) is 7.54. The standard InChI is InChI=1S/C14H23NO3/c1-4-17-9-11(2)18-10-13(15)12-7-5-6-8-14(12)16-3/h5-8,11,13H,4,9-10,15H2,1-3H3. The smallest absolute Gasteiger partial charge is 0.123 e. The molecule has 2 N–H and O–H groups in total. The van der Waals surface area contributed by atoms with E-state index < -0.39 is 0 Å². The van der Waals surface area contributed by atoms with Crippen molar-refractivity contribution in [1.82, 2.24) is 0 Å². The van der Waals surface area contributed by atoms with Gasteiger partial charge in [0.05, 0.1) is 32.5 Å². The van der Waals surface area contributed by atoms with Crippen LogP contribution in [-0.2, 0) is 9.47 Å². The van der Waals surface area contributed by atoms with Gasteiger partial charge in [-0.1, -0.05) is 18.2 Å². The second-order valence-electron chi connectivity index (χ2n) is 4.15. The Morgan fingerprint density at radius 3 is 2.61 bits per heavy atom. The third-order valence-electron chi connectivity index (χ3n) is 2.66. The minimum Gasteiger partial charge on any atom is -0.496 e. The van der Waals surface area contributed by atoms with E-state index in [1.54, 1.807) is 7.11 Å². The van der Waals surface area contributed by atoms with Crippen LogP contribution in [0.25, 0.3) is 0 Å². The lowest BCUT2D eigenvalue weighted by Gasteiger charge is -2.19. The Kier molecular flexibility index (Phi) is 6.72. The molecule has 2 unspecified atom stereocenters. The van der Waals surface area contributed by atoms with Gasteiger partial charge in [0, 0.05) is 12.2 Å². The molecule has 102 valence electrons. The highest BCUT2D eigenvalue weighted by molar-refractivity contribution is 5.35. The van der Waals surface area contributed by atoms with Gasteiger partial charge >= 0.3 is 0 Å². The molecule has 0 radical (unpaired) electrons. The van der Waals surface area contributed by atoms with Crippen molar-refractivity contribution >= 4 is 0 Å². The van der Waals surface area contributed by atoms with Crippen LogP contribution in [0.2, 0.25) is 0 Å². The molecule has 0 saturated heterocycles. The third-order valence-corrected chi connectivity index (χ3v) is 2.66. The Morgan fingerprint density at radius 2 is 1.94 bits per heavy atom. The van der Waals surface area contributed by atoms with Crippen LogP contribution in [0, 0.1) is 0 Å². The summed E-state index contributed by atoms with van der Waals surface area (Å²) in [4.78, 5) is 0. The Bertz CT molecular complexity index is 344. The fourth-order valence-corrected chi connectivity index (χ4v) is 1.66. The van der Waals surface area contributed by atoms with Crippen molar-refractivity contribution in [2.24, 2.45) is 5.73 Å². The first kappa shape index (κ1) is 15.0. The van der Waals surface area contributed by atoms with E-state index in [-0.39, 0.29) is 12.1 Å². The van der Waals surface area contributed by atoms with Crippen molar-refractivity contribution in [1.29, 1.82) is 0 Å². The molecule has 1 aromatic carbocycles. The number of methoxy groups -OCH3 is 1. The van der Waals surface area contributed by atoms with Crippen LogP contribution in [0.1, 0.15) is 25.5 Å². The first-order valence-electron chi connectivity index (χ1n) is 6.26. The summed E-state index contributed by atoms with van der Waals surface area (Å²) in [6.45, 7) is 5.69. The van der Waals surface area contributed by atoms with Crippen molar-refractivity contribution in [3.63, 3.8) is 0 Å². The van der Waals surface area contributed by atoms with Crippen LogP contribution in [0.4, 0.5) is 0 Å². The molecule has 0 fully saturated rings. The number of hydrogen-bond donors (Lipinski definition) is 1. The number of ether oxygens (including phenoxy) is 3. The molecule has 0 aliphatic rings. The van der Waals surface area contributed by atoms with Crippen LogP contribution in [0.15, 0.2) is 24.3 Å². The fourth-order valence-electron chi connectivity index (χ4n) is 1.66. The average Bonchev–Trinajstić information content (AvgIpc) is 2.42.